The molecule has 4 aromatic rings. The number of amides is 1. The number of aromatic nitrogens is 3. The monoisotopic (exact) mass is 462 g/mol. The van der Waals surface area contributed by atoms with Gasteiger partial charge < -0.3 is 14.1 Å². The van der Waals surface area contributed by atoms with Crippen molar-refractivity contribution in [1.82, 2.24) is 19.7 Å². The quantitative estimate of drug-likeness (QED) is 0.314. The standard InChI is InChI=1S/C25H26N4O3S/c1-4-15-28(2)24(30)19-9-7-18(8-10-19)17-33-25-27-26-23(22-6-5-16-32-22)29(25)20-11-13-21(31-3)14-12-20/h5-14,16H,4,15,17H2,1-3H3. The number of ether oxygens (including phenoxy) is 1. The number of benzene rings is 2. The number of thioether (sulfide) groups is 1. The van der Waals surface area contributed by atoms with Gasteiger partial charge >= 0.3 is 0 Å². The Kier molecular flexibility index (Phi) is 7.14. The summed E-state index contributed by atoms with van der Waals surface area (Å²) in [6.07, 6.45) is 2.56. The highest BCUT2D eigenvalue weighted by molar-refractivity contribution is 7.98. The molecule has 0 aliphatic carbocycles. The Balaban J connectivity index is 1.55. The molecule has 0 aliphatic heterocycles. The van der Waals surface area contributed by atoms with Crippen LogP contribution in [0, 0.1) is 0 Å². The minimum atomic E-state index is 0.0402. The molecule has 0 saturated carbocycles. The Morgan fingerprint density at radius 1 is 1.09 bits per heavy atom. The van der Waals surface area contributed by atoms with E-state index < -0.39 is 0 Å². The van der Waals surface area contributed by atoms with Crippen LogP contribution < -0.4 is 4.74 Å². The first-order valence-electron chi connectivity index (χ1n) is 10.7. The van der Waals surface area contributed by atoms with E-state index in [2.05, 4.69) is 17.1 Å². The van der Waals surface area contributed by atoms with Crippen LogP contribution in [0.5, 0.6) is 5.75 Å². The Labute approximate surface area is 197 Å². The van der Waals surface area contributed by atoms with Crippen molar-refractivity contribution in [1.29, 1.82) is 0 Å². The van der Waals surface area contributed by atoms with Crippen LogP contribution in [0.3, 0.4) is 0 Å². The Morgan fingerprint density at radius 3 is 2.48 bits per heavy atom. The summed E-state index contributed by atoms with van der Waals surface area (Å²) in [5.74, 6) is 2.78. The fourth-order valence-corrected chi connectivity index (χ4v) is 4.35. The molecule has 2 aromatic carbocycles. The molecule has 0 aliphatic rings. The predicted octanol–water partition coefficient (Wildman–Crippen LogP) is 5.31. The summed E-state index contributed by atoms with van der Waals surface area (Å²) < 4.78 is 12.8. The van der Waals surface area contributed by atoms with E-state index in [1.165, 1.54) is 0 Å². The zero-order chi connectivity index (χ0) is 23.2. The van der Waals surface area contributed by atoms with Gasteiger partial charge in [-0.2, -0.15) is 0 Å². The molecule has 2 aromatic heterocycles. The smallest absolute Gasteiger partial charge is 0.253 e. The molecule has 0 unspecified atom stereocenters. The van der Waals surface area contributed by atoms with Gasteiger partial charge in [0.15, 0.2) is 10.9 Å². The molecule has 33 heavy (non-hydrogen) atoms. The average Bonchev–Trinajstić information content (AvgIpc) is 3.53. The van der Waals surface area contributed by atoms with Crippen LogP contribution in [0.25, 0.3) is 17.3 Å². The van der Waals surface area contributed by atoms with Crippen molar-refractivity contribution in [2.75, 3.05) is 20.7 Å². The number of carbonyl (C=O) groups is 1. The zero-order valence-corrected chi connectivity index (χ0v) is 19.7. The van der Waals surface area contributed by atoms with E-state index >= 15 is 0 Å². The summed E-state index contributed by atoms with van der Waals surface area (Å²) in [5, 5.41) is 9.55. The van der Waals surface area contributed by atoms with E-state index in [9.17, 15) is 4.79 Å². The van der Waals surface area contributed by atoms with E-state index in [0.29, 0.717) is 22.9 Å². The zero-order valence-electron chi connectivity index (χ0n) is 18.9. The van der Waals surface area contributed by atoms with Crippen molar-refractivity contribution < 1.29 is 13.9 Å². The first kappa shape index (κ1) is 22.7. The lowest BCUT2D eigenvalue weighted by Gasteiger charge is -2.16. The van der Waals surface area contributed by atoms with Gasteiger partial charge in [0, 0.05) is 24.9 Å². The molecule has 4 rings (SSSR count). The molecule has 0 saturated heterocycles. The van der Waals surface area contributed by atoms with E-state index in [-0.39, 0.29) is 5.91 Å². The van der Waals surface area contributed by atoms with Gasteiger partial charge in [-0.1, -0.05) is 30.8 Å². The molecule has 0 atom stereocenters. The molecule has 2 heterocycles. The highest BCUT2D eigenvalue weighted by Gasteiger charge is 2.18. The highest BCUT2D eigenvalue weighted by atomic mass is 32.2. The maximum Gasteiger partial charge on any atom is 0.253 e. The van der Waals surface area contributed by atoms with Crippen molar-refractivity contribution >= 4 is 17.7 Å². The molecule has 0 bridgehead atoms. The average molecular weight is 463 g/mol. The summed E-state index contributed by atoms with van der Waals surface area (Å²) in [7, 11) is 3.47. The van der Waals surface area contributed by atoms with Gasteiger partial charge in [-0.3, -0.25) is 9.36 Å². The van der Waals surface area contributed by atoms with Crippen molar-refractivity contribution in [3.8, 4) is 23.0 Å². The van der Waals surface area contributed by atoms with E-state index in [1.807, 2.05) is 72.3 Å². The number of nitrogens with zero attached hydrogens (tertiary/aromatic N) is 4. The van der Waals surface area contributed by atoms with Gasteiger partial charge in [-0.15, -0.1) is 10.2 Å². The van der Waals surface area contributed by atoms with Crippen LogP contribution in [0.2, 0.25) is 0 Å². The van der Waals surface area contributed by atoms with Crippen LogP contribution in [0.4, 0.5) is 0 Å². The predicted molar refractivity (Wildman–Crippen MR) is 129 cm³/mol. The largest absolute Gasteiger partial charge is 0.497 e. The summed E-state index contributed by atoms with van der Waals surface area (Å²) in [6.45, 7) is 2.81. The van der Waals surface area contributed by atoms with Crippen LogP contribution in [0.1, 0.15) is 29.3 Å². The maximum absolute atomic E-state index is 12.5. The first-order chi connectivity index (χ1) is 16.1. The molecule has 0 fully saturated rings. The van der Waals surface area contributed by atoms with Crippen molar-refractivity contribution in [2.24, 2.45) is 0 Å². The second-order valence-electron chi connectivity index (χ2n) is 7.53. The summed E-state index contributed by atoms with van der Waals surface area (Å²) >= 11 is 1.57. The molecule has 0 radical (unpaired) electrons. The summed E-state index contributed by atoms with van der Waals surface area (Å²) in [5.41, 5.74) is 2.70. The second kappa shape index (κ2) is 10.4. The fourth-order valence-electron chi connectivity index (χ4n) is 3.44. The topological polar surface area (TPSA) is 73.4 Å². The molecule has 0 spiro atoms. The van der Waals surface area contributed by atoms with E-state index in [4.69, 9.17) is 9.15 Å². The SMILES string of the molecule is CCCN(C)C(=O)c1ccc(CSc2nnc(-c3ccco3)n2-c2ccc(OC)cc2)cc1. The number of methoxy groups -OCH3 is 1. The summed E-state index contributed by atoms with van der Waals surface area (Å²) in [4.78, 5) is 14.2. The van der Waals surface area contributed by atoms with Crippen molar-refractivity contribution in [3.05, 3.63) is 78.1 Å². The third-order valence-corrected chi connectivity index (χ3v) is 6.18. The highest BCUT2D eigenvalue weighted by Crippen LogP contribution is 2.30. The lowest BCUT2D eigenvalue weighted by molar-refractivity contribution is 0.0795. The van der Waals surface area contributed by atoms with E-state index in [0.717, 1.165) is 35.1 Å². The van der Waals surface area contributed by atoms with Gasteiger partial charge in [-0.05, 0) is 60.5 Å². The van der Waals surface area contributed by atoms with Crippen LogP contribution in [-0.2, 0) is 5.75 Å². The number of carbonyl (C=O) groups excluding carboxylic acids is 1. The van der Waals surface area contributed by atoms with Gasteiger partial charge in [0.05, 0.1) is 19.1 Å². The fraction of sp³-hybridized carbons (Fsp3) is 0.240. The van der Waals surface area contributed by atoms with Gasteiger partial charge in [-0.25, -0.2) is 0 Å². The van der Waals surface area contributed by atoms with Crippen molar-refractivity contribution in [2.45, 2.75) is 24.3 Å². The minimum Gasteiger partial charge on any atom is -0.497 e. The Hall–Kier alpha value is -3.52. The third kappa shape index (κ3) is 5.12. The van der Waals surface area contributed by atoms with Crippen molar-refractivity contribution in [3.63, 3.8) is 0 Å². The normalized spacial score (nSPS) is 10.9. The first-order valence-corrected chi connectivity index (χ1v) is 11.7. The van der Waals surface area contributed by atoms with Crippen LogP contribution in [0.15, 0.2) is 76.5 Å². The number of furan rings is 1. The molecule has 1 amide bonds. The number of rotatable bonds is 9. The van der Waals surface area contributed by atoms with Crippen LogP contribution >= 0.6 is 11.8 Å². The Bertz CT molecular complexity index is 1190. The number of hydrogen-bond donors (Lipinski definition) is 0. The lowest BCUT2D eigenvalue weighted by atomic mass is 10.1. The molecule has 0 N–H and O–H groups in total. The molecular formula is C25H26N4O3S. The molecular weight excluding hydrogens is 436 g/mol. The van der Waals surface area contributed by atoms with Gasteiger partial charge in [0.1, 0.15) is 5.75 Å². The van der Waals surface area contributed by atoms with Gasteiger partial charge in [0.25, 0.3) is 5.91 Å². The summed E-state index contributed by atoms with van der Waals surface area (Å²) in [6, 6.07) is 19.2. The van der Waals surface area contributed by atoms with Gasteiger partial charge in [0.2, 0.25) is 5.82 Å². The van der Waals surface area contributed by atoms with Crippen LogP contribution in [-0.4, -0.2) is 46.3 Å². The lowest BCUT2D eigenvalue weighted by Crippen LogP contribution is -2.27. The molecule has 170 valence electrons. The third-order valence-electron chi connectivity index (χ3n) is 5.18. The Morgan fingerprint density at radius 2 is 1.85 bits per heavy atom. The second-order valence-corrected chi connectivity index (χ2v) is 8.47. The van der Waals surface area contributed by atoms with E-state index in [1.54, 1.807) is 30.0 Å². The molecule has 8 heteroatoms. The number of hydrogen-bond acceptors (Lipinski definition) is 6. The molecule has 7 nitrogen and oxygen atoms in total. The minimum absolute atomic E-state index is 0.0402. The maximum atomic E-state index is 12.5.